The van der Waals surface area contributed by atoms with Gasteiger partial charge in [-0.3, -0.25) is 0 Å². The van der Waals surface area contributed by atoms with Crippen LogP contribution in [-0.4, -0.2) is 9.97 Å². The number of hydrogen-bond donors (Lipinski definition) is 0. The van der Waals surface area contributed by atoms with Crippen molar-refractivity contribution in [1.29, 1.82) is 0 Å². The van der Waals surface area contributed by atoms with E-state index in [1.165, 1.54) is 72.1 Å². The van der Waals surface area contributed by atoms with E-state index in [0.717, 1.165) is 33.5 Å². The topological polar surface area (TPSA) is 25.8 Å². The molecule has 0 unspecified atom stereocenters. The second-order valence-electron chi connectivity index (χ2n) is 17.2. The number of hydrogen-bond acceptors (Lipinski definition) is 2. The third kappa shape index (κ3) is 5.29. The van der Waals surface area contributed by atoms with Gasteiger partial charge in [0.1, 0.15) is 0 Å². The minimum atomic E-state index is -0.451. The van der Waals surface area contributed by atoms with Crippen molar-refractivity contribution in [2.75, 3.05) is 0 Å². The average Bonchev–Trinajstić information content (AvgIpc) is 3.64. The van der Waals surface area contributed by atoms with Crippen LogP contribution in [0.1, 0.15) is 47.2 Å². The molecule has 0 amide bonds. The molecule has 2 heteroatoms. The average molecular weight is 791 g/mol. The lowest BCUT2D eigenvalue weighted by Crippen LogP contribution is -2.41. The van der Waals surface area contributed by atoms with Crippen LogP contribution in [0.4, 0.5) is 0 Å². The molecule has 292 valence electrons. The molecule has 0 saturated carbocycles. The van der Waals surface area contributed by atoms with Gasteiger partial charge in [-0.2, -0.15) is 0 Å². The normalized spacial score (nSPS) is 13.9. The summed E-state index contributed by atoms with van der Waals surface area (Å²) in [5.74, 6) is 0.706. The third-order valence-corrected chi connectivity index (χ3v) is 13.6. The largest absolute Gasteiger partial charge is 0.228 e. The maximum atomic E-state index is 5.43. The van der Waals surface area contributed by atoms with Crippen LogP contribution < -0.4 is 0 Å². The first-order valence-corrected chi connectivity index (χ1v) is 21.6. The molecule has 0 bridgehead atoms. The van der Waals surface area contributed by atoms with Crippen molar-refractivity contribution < 1.29 is 0 Å². The van der Waals surface area contributed by atoms with E-state index >= 15 is 0 Å². The van der Waals surface area contributed by atoms with Crippen LogP contribution in [0.5, 0.6) is 0 Å². The fraction of sp³-hybridized carbons (Fsp3) is 0.0667. The zero-order chi connectivity index (χ0) is 41.4. The molecule has 0 atom stereocenters. The van der Waals surface area contributed by atoms with Crippen molar-refractivity contribution in [2.45, 2.75) is 24.7 Å². The van der Waals surface area contributed by atoms with Gasteiger partial charge in [0.05, 0.1) is 16.8 Å². The van der Waals surface area contributed by atoms with E-state index in [2.05, 4.69) is 232 Å². The summed E-state index contributed by atoms with van der Waals surface area (Å²) in [5.41, 5.74) is 19.7. The van der Waals surface area contributed by atoms with Crippen molar-refractivity contribution in [1.82, 2.24) is 9.97 Å². The molecule has 0 saturated heterocycles. The van der Waals surface area contributed by atoms with Gasteiger partial charge < -0.3 is 0 Å². The maximum Gasteiger partial charge on any atom is 0.161 e. The van der Waals surface area contributed by atoms with Crippen molar-refractivity contribution in [3.05, 3.63) is 252 Å². The summed E-state index contributed by atoms with van der Waals surface area (Å²) in [6.07, 6.45) is 0. The summed E-state index contributed by atoms with van der Waals surface area (Å²) in [4.78, 5) is 10.7. The number of aromatic nitrogens is 2. The molecule has 62 heavy (non-hydrogen) atoms. The summed E-state index contributed by atoms with van der Waals surface area (Å²) in [6.45, 7) is 4.82. The fourth-order valence-corrected chi connectivity index (χ4v) is 10.9. The lowest BCUT2D eigenvalue weighted by Gasteiger charge is -2.47. The van der Waals surface area contributed by atoms with Crippen molar-refractivity contribution in [3.8, 4) is 67.3 Å². The van der Waals surface area contributed by atoms with Crippen LogP contribution in [0, 0.1) is 0 Å². The van der Waals surface area contributed by atoms with Crippen LogP contribution in [0.2, 0.25) is 0 Å². The first-order chi connectivity index (χ1) is 30.5. The van der Waals surface area contributed by atoms with Crippen molar-refractivity contribution >= 4 is 10.8 Å². The molecule has 10 aromatic rings. The van der Waals surface area contributed by atoms with Gasteiger partial charge in [0.2, 0.25) is 0 Å². The molecular formula is C60H42N2. The predicted octanol–water partition coefficient (Wildman–Crippen LogP) is 15.0. The van der Waals surface area contributed by atoms with Gasteiger partial charge in [0, 0.05) is 22.1 Å². The quantitative estimate of drug-likeness (QED) is 0.174. The molecular weight excluding hydrogens is 749 g/mol. The maximum absolute atomic E-state index is 5.43. The Labute approximate surface area is 362 Å². The highest BCUT2D eigenvalue weighted by molar-refractivity contribution is 6.04. The zero-order valence-electron chi connectivity index (χ0n) is 34.7. The van der Waals surface area contributed by atoms with Gasteiger partial charge in [0.25, 0.3) is 0 Å². The van der Waals surface area contributed by atoms with Gasteiger partial charge in [-0.15, -0.1) is 0 Å². The lowest BCUT2D eigenvalue weighted by atomic mass is 9.54. The van der Waals surface area contributed by atoms with Gasteiger partial charge >= 0.3 is 0 Å². The summed E-state index contributed by atoms with van der Waals surface area (Å²) in [7, 11) is 0. The molecule has 0 N–H and O–H groups in total. The van der Waals surface area contributed by atoms with E-state index in [1.807, 2.05) is 0 Å². The van der Waals surface area contributed by atoms with Crippen LogP contribution >= 0.6 is 0 Å². The van der Waals surface area contributed by atoms with E-state index in [9.17, 15) is 0 Å². The number of fused-ring (bicyclic) bond motifs is 10. The van der Waals surface area contributed by atoms with Crippen molar-refractivity contribution in [2.24, 2.45) is 0 Å². The Kier molecular flexibility index (Phi) is 8.14. The molecule has 0 aliphatic heterocycles. The molecule has 9 aromatic carbocycles. The molecule has 2 aliphatic rings. The Morgan fingerprint density at radius 3 is 1.47 bits per heavy atom. The molecule has 1 aromatic heterocycles. The van der Waals surface area contributed by atoms with E-state index in [1.54, 1.807) is 0 Å². The molecule has 1 heterocycles. The highest BCUT2D eigenvalue weighted by atomic mass is 14.9. The smallest absolute Gasteiger partial charge is 0.161 e. The van der Waals surface area contributed by atoms with Gasteiger partial charge in [-0.05, 0) is 95.7 Å². The molecule has 0 radical (unpaired) electrons. The molecule has 12 rings (SSSR count). The Hall–Kier alpha value is -7.68. The van der Waals surface area contributed by atoms with E-state index in [-0.39, 0.29) is 5.41 Å². The van der Waals surface area contributed by atoms with Crippen LogP contribution in [0.3, 0.4) is 0 Å². The molecule has 0 fully saturated rings. The van der Waals surface area contributed by atoms with Gasteiger partial charge in [0.15, 0.2) is 5.82 Å². The third-order valence-electron chi connectivity index (χ3n) is 13.6. The number of rotatable bonds is 5. The predicted molar refractivity (Wildman–Crippen MR) is 256 cm³/mol. The van der Waals surface area contributed by atoms with Gasteiger partial charge in [-0.1, -0.05) is 214 Å². The number of nitrogens with zero attached hydrogens (tertiary/aromatic N) is 2. The van der Waals surface area contributed by atoms with E-state index in [4.69, 9.17) is 9.97 Å². The highest BCUT2D eigenvalue weighted by Gasteiger charge is 2.53. The molecule has 2 aliphatic carbocycles. The monoisotopic (exact) mass is 790 g/mol. The highest BCUT2D eigenvalue weighted by Crippen LogP contribution is 2.63. The zero-order valence-corrected chi connectivity index (χ0v) is 34.7. The Balaban J connectivity index is 1.07. The second-order valence-corrected chi connectivity index (χ2v) is 17.2. The first kappa shape index (κ1) is 36.2. The van der Waals surface area contributed by atoms with Gasteiger partial charge in [-0.25, -0.2) is 9.97 Å². The second kappa shape index (κ2) is 13.9. The van der Waals surface area contributed by atoms with E-state index < -0.39 is 5.41 Å². The van der Waals surface area contributed by atoms with Crippen LogP contribution in [0.25, 0.3) is 78.1 Å². The standard InChI is InChI=1S/C60H42N2/c1-59(2)52-32-15-16-33-53(52)60(50-30-13-11-27-47(50)48-28-12-14-31-51(48)60)54-34-18-29-44(57(54)59)41-23-17-24-42(37-41)56-38-55(40-21-7-4-8-22-40)61-58(62-56)49-36-35-43(39-19-5-3-6-20-39)45-25-9-10-26-46(45)49/h3-38H,1-2H3. The molecule has 2 nitrogen and oxygen atoms in total. The summed E-state index contributed by atoms with van der Waals surface area (Å²) < 4.78 is 0. The first-order valence-electron chi connectivity index (χ1n) is 21.6. The van der Waals surface area contributed by atoms with Crippen molar-refractivity contribution in [3.63, 3.8) is 0 Å². The minimum absolute atomic E-state index is 0.286. The Morgan fingerprint density at radius 1 is 0.306 bits per heavy atom. The van der Waals surface area contributed by atoms with Crippen LogP contribution in [-0.2, 0) is 10.8 Å². The SMILES string of the molecule is CC1(C)c2ccccc2C2(c3ccccc3-c3ccccc32)c2cccc(-c3cccc(-c4cc(-c5ccccc5)nc(-c5ccc(-c6ccccc6)c6ccccc56)n4)c3)c21. The number of benzene rings is 9. The Morgan fingerprint density at radius 2 is 0.774 bits per heavy atom. The summed E-state index contributed by atoms with van der Waals surface area (Å²) >= 11 is 0. The Bertz CT molecular complexity index is 3330. The summed E-state index contributed by atoms with van der Waals surface area (Å²) in [5, 5.41) is 2.30. The molecule has 1 spiro atoms. The van der Waals surface area contributed by atoms with E-state index in [0.29, 0.717) is 5.82 Å². The fourth-order valence-electron chi connectivity index (χ4n) is 10.9. The van der Waals surface area contributed by atoms with Crippen LogP contribution in [0.15, 0.2) is 218 Å². The summed E-state index contributed by atoms with van der Waals surface area (Å²) in [6, 6.07) is 79.6. The lowest BCUT2D eigenvalue weighted by molar-refractivity contribution is 0.565. The minimum Gasteiger partial charge on any atom is -0.228 e.